The summed E-state index contributed by atoms with van der Waals surface area (Å²) >= 11 is 9.60. The van der Waals surface area contributed by atoms with Crippen LogP contribution in [0.15, 0.2) is 12.1 Å². The molecule has 0 fully saturated rings. The molecule has 1 nitrogen and oxygen atoms in total. The van der Waals surface area contributed by atoms with Gasteiger partial charge in [0.15, 0.2) is 0 Å². The van der Waals surface area contributed by atoms with Gasteiger partial charge in [-0.05, 0) is 43.9 Å². The Morgan fingerprint density at radius 1 is 1.44 bits per heavy atom. The first-order chi connectivity index (χ1) is 7.63. The number of nitrogens with one attached hydrogen (secondary N) is 1. The van der Waals surface area contributed by atoms with E-state index in [-0.39, 0.29) is 0 Å². The third kappa shape index (κ3) is 5.09. The molecule has 16 heavy (non-hydrogen) atoms. The Kier molecular flexibility index (Phi) is 6.81. The molecule has 0 saturated heterocycles. The quantitative estimate of drug-likeness (QED) is 0.732. The largest absolute Gasteiger partial charge is 0.307 e. The maximum atomic E-state index is 5.93. The topological polar surface area (TPSA) is 12.0 Å². The number of thioether (sulfide) groups is 1. The predicted molar refractivity (Wildman–Crippen MR) is 78.0 cm³/mol. The van der Waals surface area contributed by atoms with E-state index in [0.29, 0.717) is 12.1 Å². The van der Waals surface area contributed by atoms with E-state index in [1.54, 1.807) is 11.3 Å². The Morgan fingerprint density at radius 2 is 2.19 bits per heavy atom. The zero-order valence-electron chi connectivity index (χ0n) is 10.1. The van der Waals surface area contributed by atoms with Gasteiger partial charge in [-0.25, -0.2) is 0 Å². The molecule has 2 atom stereocenters. The molecule has 1 heterocycles. The first kappa shape index (κ1) is 14.4. The number of halogens is 1. The second-order valence-electron chi connectivity index (χ2n) is 3.92. The lowest BCUT2D eigenvalue weighted by Crippen LogP contribution is -2.28. The third-order valence-corrected chi connectivity index (χ3v) is 4.80. The summed E-state index contributed by atoms with van der Waals surface area (Å²) in [6.45, 7) is 6.66. The van der Waals surface area contributed by atoms with Crippen molar-refractivity contribution >= 4 is 34.7 Å². The summed E-state index contributed by atoms with van der Waals surface area (Å²) in [6.07, 6.45) is 1.22. The summed E-state index contributed by atoms with van der Waals surface area (Å²) in [7, 11) is 0. The Labute approximate surface area is 112 Å². The van der Waals surface area contributed by atoms with Crippen LogP contribution in [0, 0.1) is 0 Å². The summed E-state index contributed by atoms with van der Waals surface area (Å²) in [5.74, 6) is 2.45. The molecule has 92 valence electrons. The SMILES string of the molecule is CCSCCC(C)NC(C)c1ccc(Cl)s1. The van der Waals surface area contributed by atoms with Crippen LogP contribution in [-0.4, -0.2) is 17.5 Å². The van der Waals surface area contributed by atoms with Crippen LogP contribution in [-0.2, 0) is 0 Å². The molecule has 0 amide bonds. The van der Waals surface area contributed by atoms with Gasteiger partial charge in [0.1, 0.15) is 0 Å². The van der Waals surface area contributed by atoms with E-state index in [2.05, 4.69) is 32.2 Å². The van der Waals surface area contributed by atoms with Gasteiger partial charge in [-0.2, -0.15) is 11.8 Å². The van der Waals surface area contributed by atoms with Crippen LogP contribution in [0.5, 0.6) is 0 Å². The van der Waals surface area contributed by atoms with Crippen molar-refractivity contribution in [1.29, 1.82) is 0 Å². The van der Waals surface area contributed by atoms with Crippen molar-refractivity contribution in [2.75, 3.05) is 11.5 Å². The van der Waals surface area contributed by atoms with Gasteiger partial charge in [0.25, 0.3) is 0 Å². The van der Waals surface area contributed by atoms with Gasteiger partial charge in [0.05, 0.1) is 4.34 Å². The summed E-state index contributed by atoms with van der Waals surface area (Å²) in [6, 6.07) is 5.05. The van der Waals surface area contributed by atoms with Crippen molar-refractivity contribution < 1.29 is 0 Å². The van der Waals surface area contributed by atoms with Gasteiger partial charge in [-0.15, -0.1) is 11.3 Å². The minimum atomic E-state index is 0.402. The highest BCUT2D eigenvalue weighted by molar-refractivity contribution is 7.99. The Balaban J connectivity index is 2.30. The first-order valence-corrected chi connectivity index (χ1v) is 8.07. The molecule has 1 aromatic heterocycles. The number of thiophene rings is 1. The van der Waals surface area contributed by atoms with Crippen LogP contribution in [0.4, 0.5) is 0 Å². The van der Waals surface area contributed by atoms with Gasteiger partial charge in [-0.1, -0.05) is 18.5 Å². The molecular weight excluding hydrogens is 258 g/mol. The number of hydrogen-bond acceptors (Lipinski definition) is 3. The minimum Gasteiger partial charge on any atom is -0.307 e. The summed E-state index contributed by atoms with van der Waals surface area (Å²) in [4.78, 5) is 1.32. The van der Waals surface area contributed by atoms with Crippen LogP contribution >= 0.6 is 34.7 Å². The zero-order valence-corrected chi connectivity index (χ0v) is 12.5. The Hall–Kier alpha value is 0.300. The molecule has 0 aliphatic rings. The molecule has 4 heteroatoms. The lowest BCUT2D eigenvalue weighted by molar-refractivity contribution is 0.476. The zero-order chi connectivity index (χ0) is 12.0. The average Bonchev–Trinajstić information content (AvgIpc) is 2.65. The van der Waals surface area contributed by atoms with Gasteiger partial charge in [0, 0.05) is 17.0 Å². The molecular formula is C12H20ClNS2. The summed E-state index contributed by atoms with van der Waals surface area (Å²) in [5.41, 5.74) is 0. The van der Waals surface area contributed by atoms with E-state index in [1.807, 2.05) is 17.8 Å². The monoisotopic (exact) mass is 277 g/mol. The van der Waals surface area contributed by atoms with Crippen LogP contribution in [0.1, 0.15) is 38.1 Å². The van der Waals surface area contributed by atoms with Crippen molar-refractivity contribution in [3.8, 4) is 0 Å². The lowest BCUT2D eigenvalue weighted by atomic mass is 10.2. The Morgan fingerprint density at radius 3 is 2.75 bits per heavy atom. The molecule has 0 saturated carbocycles. The molecule has 0 bridgehead atoms. The van der Waals surface area contributed by atoms with Crippen molar-refractivity contribution in [2.45, 2.75) is 39.3 Å². The van der Waals surface area contributed by atoms with E-state index in [0.717, 1.165) is 4.34 Å². The van der Waals surface area contributed by atoms with Crippen LogP contribution in [0.2, 0.25) is 4.34 Å². The van der Waals surface area contributed by atoms with Gasteiger partial charge < -0.3 is 5.32 Å². The molecule has 0 aromatic carbocycles. The molecule has 0 aliphatic heterocycles. The van der Waals surface area contributed by atoms with Gasteiger partial charge in [0.2, 0.25) is 0 Å². The maximum Gasteiger partial charge on any atom is 0.0931 e. The van der Waals surface area contributed by atoms with E-state index in [9.17, 15) is 0 Å². The smallest absolute Gasteiger partial charge is 0.0931 e. The summed E-state index contributed by atoms with van der Waals surface area (Å²) in [5, 5.41) is 3.61. The summed E-state index contributed by atoms with van der Waals surface area (Å²) < 4.78 is 0.873. The molecule has 1 N–H and O–H groups in total. The Bertz CT molecular complexity index is 301. The van der Waals surface area contributed by atoms with Crippen LogP contribution in [0.25, 0.3) is 0 Å². The van der Waals surface area contributed by atoms with Crippen LogP contribution < -0.4 is 5.32 Å². The maximum absolute atomic E-state index is 5.93. The second-order valence-corrected chi connectivity index (χ2v) is 7.06. The second kappa shape index (κ2) is 7.59. The number of hydrogen-bond donors (Lipinski definition) is 1. The van der Waals surface area contributed by atoms with E-state index in [1.165, 1.54) is 22.8 Å². The van der Waals surface area contributed by atoms with Crippen molar-refractivity contribution in [3.63, 3.8) is 0 Å². The highest BCUT2D eigenvalue weighted by Gasteiger charge is 2.11. The van der Waals surface area contributed by atoms with E-state index < -0.39 is 0 Å². The molecule has 0 aliphatic carbocycles. The molecule has 2 unspecified atom stereocenters. The minimum absolute atomic E-state index is 0.402. The number of rotatable bonds is 7. The highest BCUT2D eigenvalue weighted by atomic mass is 35.5. The average molecular weight is 278 g/mol. The first-order valence-electron chi connectivity index (χ1n) is 5.72. The van der Waals surface area contributed by atoms with Crippen LogP contribution in [0.3, 0.4) is 0 Å². The van der Waals surface area contributed by atoms with Crippen molar-refractivity contribution in [1.82, 2.24) is 5.32 Å². The molecule has 0 radical (unpaired) electrons. The third-order valence-electron chi connectivity index (χ3n) is 2.45. The normalized spacial score (nSPS) is 15.0. The standard InChI is InChI=1S/C12H20ClNS2/c1-4-15-8-7-9(2)14-10(3)11-5-6-12(13)16-11/h5-6,9-10,14H,4,7-8H2,1-3H3. The van der Waals surface area contributed by atoms with Gasteiger partial charge in [-0.3, -0.25) is 0 Å². The highest BCUT2D eigenvalue weighted by Crippen LogP contribution is 2.27. The fourth-order valence-electron chi connectivity index (χ4n) is 1.56. The molecule has 1 rings (SSSR count). The molecule has 0 spiro atoms. The lowest BCUT2D eigenvalue weighted by Gasteiger charge is -2.18. The fourth-order valence-corrected chi connectivity index (χ4v) is 3.44. The van der Waals surface area contributed by atoms with Gasteiger partial charge >= 0.3 is 0 Å². The fraction of sp³-hybridized carbons (Fsp3) is 0.667. The van der Waals surface area contributed by atoms with Crippen molar-refractivity contribution in [3.05, 3.63) is 21.3 Å². The van der Waals surface area contributed by atoms with E-state index >= 15 is 0 Å². The predicted octanol–water partition coefficient (Wildman–Crippen LogP) is 4.58. The van der Waals surface area contributed by atoms with Crippen molar-refractivity contribution in [2.24, 2.45) is 0 Å². The molecule has 1 aromatic rings. The van der Waals surface area contributed by atoms with E-state index in [4.69, 9.17) is 11.6 Å².